The maximum Gasteiger partial charge on any atom is 0.180 e. The second-order valence-corrected chi connectivity index (χ2v) is 2.93. The molecule has 0 aromatic carbocycles. The third kappa shape index (κ3) is 0.896. The summed E-state index contributed by atoms with van der Waals surface area (Å²) in [5.74, 6) is -1.64. The van der Waals surface area contributed by atoms with Gasteiger partial charge in [-0.3, -0.25) is 0 Å². The lowest BCUT2D eigenvalue weighted by Gasteiger charge is -2.55. The van der Waals surface area contributed by atoms with E-state index in [0.29, 0.717) is 0 Å². The minimum absolute atomic E-state index is 0.516. The first-order valence-electron chi connectivity index (χ1n) is 3.30. The molecular weight excluding hydrogens is 152 g/mol. The lowest BCUT2D eigenvalue weighted by atomic mass is 9.75. The van der Waals surface area contributed by atoms with Gasteiger partial charge >= 0.3 is 0 Å². The molecule has 1 heterocycles. The average molecular weight is 164 g/mol. The van der Waals surface area contributed by atoms with Crippen molar-refractivity contribution in [2.75, 3.05) is 13.2 Å². The fraction of sp³-hybridized carbons (Fsp3) is 1.00. The SMILES string of the molecule is CC1(O)OC(O)C1(CO)CO. The van der Waals surface area contributed by atoms with Crippen LogP contribution in [0.4, 0.5) is 0 Å². The van der Waals surface area contributed by atoms with Crippen LogP contribution in [0.1, 0.15) is 6.92 Å². The number of aliphatic hydroxyl groups is 4. The van der Waals surface area contributed by atoms with Gasteiger partial charge in [0.15, 0.2) is 12.1 Å². The van der Waals surface area contributed by atoms with Gasteiger partial charge < -0.3 is 25.2 Å². The summed E-state index contributed by atoms with van der Waals surface area (Å²) < 4.78 is 4.52. The first-order chi connectivity index (χ1) is 5.00. The lowest BCUT2D eigenvalue weighted by molar-refractivity contribution is -0.467. The number of ether oxygens (including phenoxy) is 1. The Hall–Kier alpha value is -0.200. The highest BCUT2D eigenvalue weighted by Gasteiger charge is 2.64. The van der Waals surface area contributed by atoms with Crippen molar-refractivity contribution in [3.8, 4) is 0 Å². The van der Waals surface area contributed by atoms with Crippen molar-refractivity contribution >= 4 is 0 Å². The molecule has 4 N–H and O–H groups in total. The molecule has 0 bridgehead atoms. The molecule has 0 radical (unpaired) electrons. The highest BCUT2D eigenvalue weighted by atomic mass is 16.7. The minimum atomic E-state index is -1.64. The zero-order chi connectivity index (χ0) is 8.70. The van der Waals surface area contributed by atoms with Crippen molar-refractivity contribution in [3.63, 3.8) is 0 Å². The van der Waals surface area contributed by atoms with Crippen LogP contribution >= 0.6 is 0 Å². The van der Waals surface area contributed by atoms with Crippen LogP contribution in [0.5, 0.6) is 0 Å². The molecule has 5 heteroatoms. The summed E-state index contributed by atoms with van der Waals surface area (Å²) >= 11 is 0. The van der Waals surface area contributed by atoms with Crippen molar-refractivity contribution < 1.29 is 25.2 Å². The van der Waals surface area contributed by atoms with E-state index >= 15 is 0 Å². The molecule has 0 aromatic heterocycles. The van der Waals surface area contributed by atoms with Crippen LogP contribution in [-0.2, 0) is 4.74 Å². The van der Waals surface area contributed by atoms with E-state index in [0.717, 1.165) is 0 Å². The quantitative estimate of drug-likeness (QED) is 0.379. The van der Waals surface area contributed by atoms with E-state index in [4.69, 9.17) is 15.3 Å². The highest BCUT2D eigenvalue weighted by Crippen LogP contribution is 2.46. The standard InChI is InChI=1S/C6H12O5/c1-5(10)6(2-7,3-8)4(9)11-5/h4,7-10H,2-3H2,1H3. The van der Waals surface area contributed by atoms with Crippen LogP contribution < -0.4 is 0 Å². The van der Waals surface area contributed by atoms with Crippen molar-refractivity contribution in [2.45, 2.75) is 19.0 Å². The Balaban J connectivity index is 2.79. The van der Waals surface area contributed by atoms with Gasteiger partial charge in [-0.05, 0) is 6.92 Å². The third-order valence-electron chi connectivity index (χ3n) is 2.30. The molecule has 1 fully saturated rings. The Morgan fingerprint density at radius 2 is 1.82 bits per heavy atom. The average Bonchev–Trinajstić information content (AvgIpc) is 1.88. The predicted molar refractivity (Wildman–Crippen MR) is 34.3 cm³/mol. The van der Waals surface area contributed by atoms with E-state index in [-0.39, 0.29) is 0 Å². The van der Waals surface area contributed by atoms with Gasteiger partial charge in [0.05, 0.1) is 13.2 Å². The summed E-state index contributed by atoms with van der Waals surface area (Å²) in [7, 11) is 0. The highest BCUT2D eigenvalue weighted by molar-refractivity contribution is 5.00. The number of hydrogen-bond acceptors (Lipinski definition) is 5. The van der Waals surface area contributed by atoms with Crippen molar-refractivity contribution in [2.24, 2.45) is 5.41 Å². The second-order valence-electron chi connectivity index (χ2n) is 2.93. The largest absolute Gasteiger partial charge is 0.395 e. The predicted octanol–water partition coefficient (Wildman–Crippen LogP) is -1.99. The fourth-order valence-corrected chi connectivity index (χ4v) is 1.12. The first kappa shape index (κ1) is 8.89. The fourth-order valence-electron chi connectivity index (χ4n) is 1.12. The molecule has 0 spiro atoms. The maximum atomic E-state index is 9.29. The zero-order valence-electron chi connectivity index (χ0n) is 6.19. The molecular formula is C6H12O5. The second kappa shape index (κ2) is 2.40. The van der Waals surface area contributed by atoms with Crippen molar-refractivity contribution in [1.82, 2.24) is 0 Å². The Morgan fingerprint density at radius 1 is 1.36 bits per heavy atom. The molecule has 0 amide bonds. The molecule has 1 aliphatic rings. The number of hydrogen-bond donors (Lipinski definition) is 4. The Labute approximate surface area is 63.8 Å². The van der Waals surface area contributed by atoms with Gasteiger partial charge in [0, 0.05) is 0 Å². The Bertz CT molecular complexity index is 151. The summed E-state index contributed by atoms with van der Waals surface area (Å²) in [4.78, 5) is 0. The van der Waals surface area contributed by atoms with Gasteiger partial charge in [-0.2, -0.15) is 0 Å². The Morgan fingerprint density at radius 3 is 1.91 bits per heavy atom. The van der Waals surface area contributed by atoms with Gasteiger partial charge in [-0.1, -0.05) is 0 Å². The van der Waals surface area contributed by atoms with E-state index in [1.165, 1.54) is 6.92 Å². The summed E-state index contributed by atoms with van der Waals surface area (Å²) in [6, 6.07) is 0. The molecule has 2 unspecified atom stereocenters. The topological polar surface area (TPSA) is 90.2 Å². The molecule has 0 aliphatic carbocycles. The Kier molecular flexibility index (Phi) is 1.94. The molecule has 0 aromatic rings. The van der Waals surface area contributed by atoms with Crippen molar-refractivity contribution in [1.29, 1.82) is 0 Å². The number of aliphatic hydroxyl groups excluding tert-OH is 3. The molecule has 0 saturated carbocycles. The van der Waals surface area contributed by atoms with Gasteiger partial charge in [-0.25, -0.2) is 0 Å². The van der Waals surface area contributed by atoms with Crippen LogP contribution in [0.3, 0.4) is 0 Å². The molecule has 5 nitrogen and oxygen atoms in total. The normalized spacial score (nSPS) is 41.7. The van der Waals surface area contributed by atoms with Crippen LogP contribution in [-0.4, -0.2) is 45.7 Å². The number of rotatable bonds is 2. The molecule has 11 heavy (non-hydrogen) atoms. The molecule has 1 saturated heterocycles. The summed E-state index contributed by atoms with van der Waals surface area (Å²) in [5.41, 5.74) is -1.34. The van der Waals surface area contributed by atoms with E-state index in [1.54, 1.807) is 0 Å². The van der Waals surface area contributed by atoms with Gasteiger partial charge in [-0.15, -0.1) is 0 Å². The summed E-state index contributed by atoms with van der Waals surface area (Å²) in [6.07, 6.45) is -1.30. The van der Waals surface area contributed by atoms with Crippen LogP contribution in [0.2, 0.25) is 0 Å². The molecule has 1 rings (SSSR count). The lowest BCUT2D eigenvalue weighted by Crippen LogP contribution is -2.71. The molecule has 2 atom stereocenters. The van der Waals surface area contributed by atoms with Gasteiger partial charge in [0.2, 0.25) is 0 Å². The minimum Gasteiger partial charge on any atom is -0.395 e. The zero-order valence-corrected chi connectivity index (χ0v) is 6.19. The smallest absolute Gasteiger partial charge is 0.180 e. The van der Waals surface area contributed by atoms with E-state index < -0.39 is 30.7 Å². The van der Waals surface area contributed by atoms with Crippen LogP contribution in [0, 0.1) is 5.41 Å². The van der Waals surface area contributed by atoms with Gasteiger partial charge in [0.1, 0.15) is 5.41 Å². The van der Waals surface area contributed by atoms with Crippen LogP contribution in [0.15, 0.2) is 0 Å². The maximum absolute atomic E-state index is 9.29. The van der Waals surface area contributed by atoms with Crippen molar-refractivity contribution in [3.05, 3.63) is 0 Å². The molecule has 66 valence electrons. The van der Waals surface area contributed by atoms with E-state index in [2.05, 4.69) is 4.74 Å². The van der Waals surface area contributed by atoms with E-state index in [9.17, 15) is 5.11 Å². The third-order valence-corrected chi connectivity index (χ3v) is 2.30. The van der Waals surface area contributed by atoms with Gasteiger partial charge in [0.25, 0.3) is 0 Å². The summed E-state index contributed by atoms with van der Waals surface area (Å²) in [5, 5.41) is 35.8. The van der Waals surface area contributed by atoms with Crippen LogP contribution in [0.25, 0.3) is 0 Å². The summed E-state index contributed by atoms with van der Waals surface area (Å²) in [6.45, 7) is 0.251. The van der Waals surface area contributed by atoms with E-state index in [1.807, 2.05) is 0 Å². The first-order valence-corrected chi connectivity index (χ1v) is 3.30. The molecule has 1 aliphatic heterocycles. The monoisotopic (exact) mass is 164 g/mol.